The first-order valence-corrected chi connectivity index (χ1v) is 7.63. The second kappa shape index (κ2) is 6.47. The van der Waals surface area contributed by atoms with Gasteiger partial charge < -0.3 is 10.4 Å². The van der Waals surface area contributed by atoms with Crippen LogP contribution in [0.4, 0.5) is 18.9 Å². The zero-order valence-electron chi connectivity index (χ0n) is 14.6. The summed E-state index contributed by atoms with van der Waals surface area (Å²) in [5, 5.41) is 15.1. The number of carboxylic acids is 1. The first kappa shape index (κ1) is 19.5. The topological polar surface area (TPSA) is 84.2 Å². The lowest BCUT2D eigenvalue weighted by atomic mass is 10.1. The maximum atomic E-state index is 13.5. The lowest BCUT2D eigenvalue weighted by Crippen LogP contribution is -2.30. The third-order valence-corrected chi connectivity index (χ3v) is 3.65. The zero-order valence-corrected chi connectivity index (χ0v) is 14.6. The van der Waals surface area contributed by atoms with Gasteiger partial charge in [0.25, 0.3) is 5.91 Å². The van der Waals surface area contributed by atoms with E-state index in [1.165, 1.54) is 39.0 Å². The fourth-order valence-electron chi connectivity index (χ4n) is 2.38. The Morgan fingerprint density at radius 2 is 1.81 bits per heavy atom. The highest BCUT2D eigenvalue weighted by Gasteiger charge is 2.42. The van der Waals surface area contributed by atoms with Crippen LogP contribution in [0.15, 0.2) is 24.4 Å². The average molecular weight is 369 g/mol. The summed E-state index contributed by atoms with van der Waals surface area (Å²) < 4.78 is 41.3. The molecule has 0 unspecified atom stereocenters. The van der Waals surface area contributed by atoms with Crippen molar-refractivity contribution >= 4 is 17.6 Å². The molecule has 1 heterocycles. The highest BCUT2D eigenvalue weighted by Crippen LogP contribution is 2.35. The molecule has 0 aliphatic heterocycles. The molecular weight excluding hydrogens is 351 g/mol. The summed E-state index contributed by atoms with van der Waals surface area (Å²) in [5.74, 6) is -2.23. The van der Waals surface area contributed by atoms with Gasteiger partial charge in [0, 0.05) is 5.69 Å². The number of carboxylic acid groups (broad SMARTS) is 1. The fraction of sp³-hybridized carbons (Fsp3) is 0.353. The Morgan fingerprint density at radius 3 is 2.31 bits per heavy atom. The van der Waals surface area contributed by atoms with Crippen molar-refractivity contribution in [2.24, 2.45) is 0 Å². The Hall–Kier alpha value is -2.84. The van der Waals surface area contributed by atoms with Crippen LogP contribution in [0, 0.1) is 6.92 Å². The number of alkyl halides is 3. The minimum Gasteiger partial charge on any atom is -0.478 e. The van der Waals surface area contributed by atoms with Gasteiger partial charge in [-0.2, -0.15) is 18.3 Å². The number of aromatic carboxylic acids is 1. The largest absolute Gasteiger partial charge is 0.478 e. The van der Waals surface area contributed by atoms with Gasteiger partial charge in [-0.3, -0.25) is 9.48 Å². The summed E-state index contributed by atoms with van der Waals surface area (Å²) >= 11 is 0. The molecule has 1 aromatic carbocycles. The van der Waals surface area contributed by atoms with Crippen LogP contribution in [0.1, 0.15) is 52.7 Å². The number of rotatable bonds is 3. The van der Waals surface area contributed by atoms with E-state index in [0.29, 0.717) is 5.56 Å². The Balaban J connectivity index is 2.48. The molecule has 0 bridgehead atoms. The fourth-order valence-corrected chi connectivity index (χ4v) is 2.38. The molecule has 9 heteroatoms. The number of hydrogen-bond donors (Lipinski definition) is 2. The number of aryl methyl sites for hydroxylation is 1. The minimum absolute atomic E-state index is 0.0904. The molecule has 1 amide bonds. The number of hydrogen-bond acceptors (Lipinski definition) is 3. The van der Waals surface area contributed by atoms with Crippen LogP contribution in [0.25, 0.3) is 0 Å². The molecule has 0 saturated carbocycles. The molecule has 140 valence electrons. The van der Waals surface area contributed by atoms with Crippen molar-refractivity contribution in [3.05, 3.63) is 46.8 Å². The van der Waals surface area contributed by atoms with E-state index < -0.39 is 34.8 Å². The molecule has 0 spiro atoms. The zero-order chi connectivity index (χ0) is 19.9. The highest BCUT2D eigenvalue weighted by molar-refractivity contribution is 6.06. The number of carbonyl (C=O) groups excluding carboxylic acids is 1. The molecule has 0 aliphatic rings. The number of aromatic nitrogens is 2. The Bertz CT molecular complexity index is 864. The first-order chi connectivity index (χ1) is 11.8. The smallest absolute Gasteiger partial charge is 0.433 e. The SMILES string of the molecule is Cc1ccc(C(=O)O)cc1NC(=O)c1cnn(C(C)(C)C)c1C(F)(F)F. The number of anilines is 1. The van der Waals surface area contributed by atoms with E-state index in [2.05, 4.69) is 10.4 Å². The predicted octanol–water partition coefficient (Wildman–Crippen LogP) is 3.92. The minimum atomic E-state index is -4.78. The molecule has 0 fully saturated rings. The van der Waals surface area contributed by atoms with Crippen molar-refractivity contribution in [2.45, 2.75) is 39.4 Å². The van der Waals surface area contributed by atoms with Gasteiger partial charge in [-0.25, -0.2) is 4.79 Å². The van der Waals surface area contributed by atoms with Crippen molar-refractivity contribution in [3.63, 3.8) is 0 Å². The molecule has 1 aromatic heterocycles. The average Bonchev–Trinajstić information content (AvgIpc) is 2.94. The standard InChI is InChI=1S/C17H18F3N3O3/c1-9-5-6-10(15(25)26)7-12(9)22-14(24)11-8-21-23(16(2,3)4)13(11)17(18,19)20/h5-8H,1-4H3,(H,22,24)(H,25,26). The van der Waals surface area contributed by atoms with Gasteiger partial charge in [0.1, 0.15) is 0 Å². The quantitative estimate of drug-likeness (QED) is 0.859. The van der Waals surface area contributed by atoms with Crippen molar-refractivity contribution in [1.82, 2.24) is 9.78 Å². The second-order valence-electron chi connectivity index (χ2n) is 6.78. The van der Waals surface area contributed by atoms with E-state index in [-0.39, 0.29) is 11.3 Å². The monoisotopic (exact) mass is 369 g/mol. The summed E-state index contributed by atoms with van der Waals surface area (Å²) in [7, 11) is 0. The number of halogens is 3. The lowest BCUT2D eigenvalue weighted by molar-refractivity contribution is -0.146. The Morgan fingerprint density at radius 1 is 1.19 bits per heavy atom. The molecule has 2 aromatic rings. The van der Waals surface area contributed by atoms with Crippen LogP contribution < -0.4 is 5.32 Å². The maximum Gasteiger partial charge on any atom is 0.433 e. The van der Waals surface area contributed by atoms with E-state index in [0.717, 1.165) is 10.9 Å². The summed E-state index contributed by atoms with van der Waals surface area (Å²) in [6, 6.07) is 3.99. The van der Waals surface area contributed by atoms with Gasteiger partial charge >= 0.3 is 12.1 Å². The van der Waals surface area contributed by atoms with Gasteiger partial charge in [0.2, 0.25) is 0 Å². The van der Waals surface area contributed by atoms with E-state index in [1.54, 1.807) is 6.92 Å². The Labute approximate surface area is 147 Å². The normalized spacial score (nSPS) is 12.1. The first-order valence-electron chi connectivity index (χ1n) is 7.63. The van der Waals surface area contributed by atoms with E-state index in [1.807, 2.05) is 0 Å². The summed E-state index contributed by atoms with van der Waals surface area (Å²) in [6.07, 6.45) is -3.92. The number of benzene rings is 1. The van der Waals surface area contributed by atoms with Crippen molar-refractivity contribution < 1.29 is 27.9 Å². The summed E-state index contributed by atoms with van der Waals surface area (Å²) in [6.45, 7) is 6.22. The van der Waals surface area contributed by atoms with Crippen molar-refractivity contribution in [1.29, 1.82) is 0 Å². The number of nitrogens with zero attached hydrogens (tertiary/aromatic N) is 2. The van der Waals surface area contributed by atoms with Crippen LogP contribution in [-0.2, 0) is 11.7 Å². The lowest BCUT2D eigenvalue weighted by Gasteiger charge is -2.23. The van der Waals surface area contributed by atoms with E-state index in [9.17, 15) is 22.8 Å². The van der Waals surface area contributed by atoms with Crippen LogP contribution in [0.3, 0.4) is 0 Å². The number of carbonyl (C=O) groups is 2. The maximum absolute atomic E-state index is 13.5. The third kappa shape index (κ3) is 3.87. The van der Waals surface area contributed by atoms with Gasteiger partial charge in [-0.1, -0.05) is 6.07 Å². The van der Waals surface area contributed by atoms with Crippen molar-refractivity contribution in [2.75, 3.05) is 5.32 Å². The summed E-state index contributed by atoms with van der Waals surface area (Å²) in [4.78, 5) is 23.5. The molecule has 0 aliphatic carbocycles. The molecule has 0 saturated heterocycles. The van der Waals surface area contributed by atoms with Gasteiger partial charge in [-0.05, 0) is 45.4 Å². The second-order valence-corrected chi connectivity index (χ2v) is 6.78. The third-order valence-electron chi connectivity index (χ3n) is 3.65. The van der Waals surface area contributed by atoms with Crippen LogP contribution in [0.2, 0.25) is 0 Å². The molecular formula is C17H18F3N3O3. The molecule has 2 N–H and O–H groups in total. The van der Waals surface area contributed by atoms with Gasteiger partial charge in [0.15, 0.2) is 5.69 Å². The van der Waals surface area contributed by atoms with Gasteiger partial charge in [0.05, 0.1) is 22.9 Å². The number of nitrogens with one attached hydrogen (secondary N) is 1. The van der Waals surface area contributed by atoms with Crippen LogP contribution in [0.5, 0.6) is 0 Å². The summed E-state index contributed by atoms with van der Waals surface area (Å²) in [5.41, 5.74) is -2.23. The molecule has 2 rings (SSSR count). The molecule has 26 heavy (non-hydrogen) atoms. The van der Waals surface area contributed by atoms with Crippen LogP contribution in [-0.4, -0.2) is 26.8 Å². The highest BCUT2D eigenvalue weighted by atomic mass is 19.4. The molecule has 6 nitrogen and oxygen atoms in total. The van der Waals surface area contributed by atoms with E-state index >= 15 is 0 Å². The van der Waals surface area contributed by atoms with Gasteiger partial charge in [-0.15, -0.1) is 0 Å². The molecule has 0 atom stereocenters. The Kier molecular flexibility index (Phi) is 4.85. The van der Waals surface area contributed by atoms with Crippen molar-refractivity contribution in [3.8, 4) is 0 Å². The predicted molar refractivity (Wildman–Crippen MR) is 88.3 cm³/mol. The number of amides is 1. The van der Waals surface area contributed by atoms with E-state index in [4.69, 9.17) is 5.11 Å². The molecule has 0 radical (unpaired) electrons. The van der Waals surface area contributed by atoms with Crippen LogP contribution >= 0.6 is 0 Å².